The largest absolute Gasteiger partial charge is 0.547 e. The number of imide groups is 2. The Hall–Kier alpha value is -5.00. The smallest absolute Gasteiger partial charge is 0.534 e. The Kier molecular flexibility index (Phi) is 10.1. The van der Waals surface area contributed by atoms with Crippen LogP contribution in [0.1, 0.15) is 42.6 Å². The van der Waals surface area contributed by atoms with Gasteiger partial charge in [0.2, 0.25) is 11.8 Å². The van der Waals surface area contributed by atoms with Gasteiger partial charge in [-0.25, -0.2) is 9.59 Å². The first-order valence-electron chi connectivity index (χ1n) is 14.4. The third-order valence-corrected chi connectivity index (χ3v) is 7.87. The lowest BCUT2D eigenvalue weighted by atomic mass is 9.72. The average molecular weight is 628 g/mol. The first-order valence-corrected chi connectivity index (χ1v) is 14.4. The molecule has 18 heteroatoms. The maximum absolute atomic E-state index is 13.5. The van der Waals surface area contributed by atoms with Crippen LogP contribution in [0.4, 0.5) is 4.79 Å². The predicted molar refractivity (Wildman–Crippen MR) is 152 cm³/mol. The van der Waals surface area contributed by atoms with Crippen LogP contribution < -0.4 is 15.3 Å². The van der Waals surface area contributed by atoms with Crippen molar-refractivity contribution >= 4 is 54.6 Å². The maximum Gasteiger partial charge on any atom is 0.547 e. The van der Waals surface area contributed by atoms with Crippen LogP contribution in [0.25, 0.3) is 0 Å². The van der Waals surface area contributed by atoms with Crippen LogP contribution in [0, 0.1) is 0 Å². The van der Waals surface area contributed by atoms with Crippen LogP contribution in [-0.2, 0) is 35.2 Å². The van der Waals surface area contributed by atoms with E-state index in [2.05, 4.69) is 10.6 Å². The molecule has 1 aromatic rings. The first kappa shape index (κ1) is 32.9. The molecule has 3 aliphatic heterocycles. The number of nitrogens with one attached hydrogen (secondary N) is 2. The molecular weight excluding hydrogens is 595 g/mol. The molecule has 0 unspecified atom stereocenters. The molecule has 0 spiro atoms. The predicted octanol–water partition coefficient (Wildman–Crippen LogP) is -2.41. The Morgan fingerprint density at radius 3 is 2.13 bits per heavy atom. The summed E-state index contributed by atoms with van der Waals surface area (Å²) in [7, 11) is -1.68. The highest BCUT2D eigenvalue weighted by Crippen LogP contribution is 2.30. The second-order valence-corrected chi connectivity index (χ2v) is 10.5. The Labute approximate surface area is 257 Å². The molecule has 2 fully saturated rings. The lowest BCUT2D eigenvalue weighted by Crippen LogP contribution is -2.62. The van der Waals surface area contributed by atoms with Crippen molar-refractivity contribution in [2.75, 3.05) is 39.3 Å². The molecule has 0 aliphatic carbocycles. The first-order chi connectivity index (χ1) is 21.4. The van der Waals surface area contributed by atoms with Gasteiger partial charge in [0.1, 0.15) is 11.8 Å². The van der Waals surface area contributed by atoms with Crippen molar-refractivity contribution in [3.63, 3.8) is 0 Å². The van der Waals surface area contributed by atoms with E-state index in [0.29, 0.717) is 10.5 Å². The number of piperazine rings is 2. The summed E-state index contributed by atoms with van der Waals surface area (Å²) >= 11 is 0. The maximum atomic E-state index is 13.5. The number of aromatic carboxylic acids is 1. The number of carbonyl (C=O) groups is 8. The van der Waals surface area contributed by atoms with Crippen LogP contribution >= 0.6 is 0 Å². The van der Waals surface area contributed by atoms with Crippen molar-refractivity contribution < 1.29 is 53.1 Å². The fraction of sp³-hybridized carbons (Fsp3) is 0.481. The minimum atomic E-state index is -1.68. The summed E-state index contributed by atoms with van der Waals surface area (Å²) in [5.41, 5.74) is 0.198. The fourth-order valence-corrected chi connectivity index (χ4v) is 5.28. The molecule has 240 valence electrons. The number of hydrogen-bond donors (Lipinski definition) is 4. The monoisotopic (exact) mass is 628 g/mol. The zero-order valence-electron chi connectivity index (χ0n) is 24.7. The minimum Gasteiger partial charge on any atom is -0.534 e. The van der Waals surface area contributed by atoms with Crippen molar-refractivity contribution in [2.45, 2.75) is 45.1 Å². The second kappa shape index (κ2) is 13.8. The number of nitrogens with zero attached hydrogens (tertiary/aromatic N) is 4. The fourth-order valence-electron chi connectivity index (χ4n) is 5.28. The lowest BCUT2D eigenvalue weighted by Gasteiger charge is -2.34. The molecule has 4 N–H and O–H groups in total. The molecule has 0 bridgehead atoms. The van der Waals surface area contributed by atoms with Gasteiger partial charge < -0.3 is 35.2 Å². The number of carboxylic acids is 1. The van der Waals surface area contributed by atoms with Crippen LogP contribution in [0.5, 0.6) is 5.75 Å². The number of fused-ring (bicyclic) bond motifs is 1. The van der Waals surface area contributed by atoms with E-state index in [4.69, 9.17) is 4.65 Å². The minimum absolute atomic E-state index is 0.0484. The summed E-state index contributed by atoms with van der Waals surface area (Å²) in [5, 5.41) is 24.9. The number of rotatable bonds is 9. The molecular formula is C27H33BN6O11. The average Bonchev–Trinajstić information content (AvgIpc) is 3.01. The third kappa shape index (κ3) is 6.90. The highest BCUT2D eigenvalue weighted by Gasteiger charge is 2.41. The summed E-state index contributed by atoms with van der Waals surface area (Å²) in [6.07, 6.45) is -0.895. The molecule has 8 amide bonds. The van der Waals surface area contributed by atoms with Gasteiger partial charge in [-0.1, -0.05) is 12.1 Å². The SMILES string of the molecule is CCN1CCN(C(=O)CC[C@@H](NC(=O)N2CCN(CC)C(=O)C2=O)C(=O)N[C@H]2Cc3cccc(C(=O)O)c3OB2O)C(=O)C1=O. The Morgan fingerprint density at radius 1 is 0.933 bits per heavy atom. The second-order valence-electron chi connectivity index (χ2n) is 10.5. The zero-order chi connectivity index (χ0) is 33.0. The van der Waals surface area contributed by atoms with Gasteiger partial charge in [0.15, 0.2) is 0 Å². The highest BCUT2D eigenvalue weighted by molar-refractivity contribution is 6.47. The van der Waals surface area contributed by atoms with Gasteiger partial charge in [-0.05, 0) is 38.3 Å². The molecule has 4 rings (SSSR count). The number of likely N-dealkylation sites (N-methyl/N-ethyl adjacent to an activating group) is 2. The summed E-state index contributed by atoms with van der Waals surface area (Å²) in [6.45, 7) is 3.91. The summed E-state index contributed by atoms with van der Waals surface area (Å²) in [4.78, 5) is 105. The normalized spacial score (nSPS) is 19.2. The van der Waals surface area contributed by atoms with Gasteiger partial charge in [0.05, 0.1) is 11.5 Å². The molecule has 3 aliphatic rings. The standard InChI is InChI=1S/C27H33BN6O11/c1-3-31-10-12-33(24(39)22(31)37)19(35)9-8-17(29-27(43)34-13-11-32(4-2)23(38)25(34)40)21(36)30-18-14-15-6-5-7-16(26(41)42)20(15)45-28(18)44/h5-7,17-18,44H,3-4,8-14H2,1-2H3,(H,29,43)(H,30,36)(H,41,42)/t17-,18+/m1/s1. The Balaban J connectivity index is 1.50. The summed E-state index contributed by atoms with van der Waals surface area (Å²) in [5.74, 6) is -7.97. The summed E-state index contributed by atoms with van der Waals surface area (Å²) < 4.78 is 5.40. The Morgan fingerprint density at radius 2 is 1.53 bits per heavy atom. The van der Waals surface area contributed by atoms with Crippen LogP contribution in [0.2, 0.25) is 0 Å². The topological polar surface area (TPSA) is 223 Å². The van der Waals surface area contributed by atoms with E-state index >= 15 is 0 Å². The van der Waals surface area contributed by atoms with E-state index < -0.39 is 73.0 Å². The van der Waals surface area contributed by atoms with Gasteiger partial charge >= 0.3 is 42.7 Å². The van der Waals surface area contributed by atoms with Gasteiger partial charge in [-0.3, -0.25) is 38.6 Å². The van der Waals surface area contributed by atoms with Crippen molar-refractivity contribution in [3.05, 3.63) is 29.3 Å². The van der Waals surface area contributed by atoms with Crippen LogP contribution in [0.3, 0.4) is 0 Å². The summed E-state index contributed by atoms with van der Waals surface area (Å²) in [6, 6.07) is 1.74. The van der Waals surface area contributed by atoms with Crippen molar-refractivity contribution in [1.29, 1.82) is 0 Å². The van der Waals surface area contributed by atoms with Crippen molar-refractivity contribution in [1.82, 2.24) is 30.2 Å². The van der Waals surface area contributed by atoms with Gasteiger partial charge in [-0.2, -0.15) is 0 Å². The van der Waals surface area contributed by atoms with E-state index in [9.17, 15) is 48.5 Å². The van der Waals surface area contributed by atoms with E-state index in [1.54, 1.807) is 19.9 Å². The van der Waals surface area contributed by atoms with Gasteiger partial charge in [0, 0.05) is 45.7 Å². The quantitative estimate of drug-likeness (QED) is 0.167. The molecule has 45 heavy (non-hydrogen) atoms. The van der Waals surface area contributed by atoms with Crippen LogP contribution in [-0.4, -0.2) is 136 Å². The molecule has 2 atom stereocenters. The molecule has 2 saturated heterocycles. The van der Waals surface area contributed by atoms with Gasteiger partial charge in [0.25, 0.3) is 0 Å². The third-order valence-electron chi connectivity index (χ3n) is 7.87. The van der Waals surface area contributed by atoms with Gasteiger partial charge in [-0.15, -0.1) is 0 Å². The molecule has 1 aromatic carbocycles. The molecule has 3 heterocycles. The number of amides is 8. The van der Waals surface area contributed by atoms with E-state index in [0.717, 1.165) is 4.90 Å². The Bertz CT molecular complexity index is 1440. The van der Waals surface area contributed by atoms with Crippen molar-refractivity contribution in [3.8, 4) is 5.75 Å². The number of hydrogen-bond acceptors (Lipinski definition) is 10. The van der Waals surface area contributed by atoms with Crippen molar-refractivity contribution in [2.24, 2.45) is 0 Å². The van der Waals surface area contributed by atoms with E-state index in [1.807, 2.05) is 0 Å². The van der Waals surface area contributed by atoms with E-state index in [1.165, 1.54) is 21.9 Å². The zero-order valence-corrected chi connectivity index (χ0v) is 24.7. The molecule has 0 saturated carbocycles. The number of carbonyl (C=O) groups excluding carboxylic acids is 7. The highest BCUT2D eigenvalue weighted by atomic mass is 16.5. The van der Waals surface area contributed by atoms with Crippen LogP contribution in [0.15, 0.2) is 18.2 Å². The van der Waals surface area contributed by atoms with E-state index in [-0.39, 0.29) is 63.4 Å². The number of para-hydroxylation sites is 1. The number of urea groups is 1. The molecule has 0 aromatic heterocycles. The molecule has 0 radical (unpaired) electrons. The molecule has 17 nitrogen and oxygen atoms in total. The number of carboxylic acid groups (broad SMARTS) is 1. The number of benzene rings is 1. The lowest BCUT2D eigenvalue weighted by molar-refractivity contribution is -0.161.